The molecule has 4 aromatic carbocycles. The Bertz CT molecular complexity index is 2590. The number of unbranched alkanes of at least 4 members (excludes halogenated alkanes) is 15. The molecular formula is C52H44BF20N3. The Kier molecular flexibility index (Phi) is 22.8. The van der Waals surface area contributed by atoms with Crippen molar-refractivity contribution in [3.8, 4) is 12.1 Å². The first kappa shape index (κ1) is 62.0. The van der Waals surface area contributed by atoms with E-state index in [1.165, 1.54) is 96.3 Å². The number of hydrogen-bond donors (Lipinski definition) is 0. The quantitative estimate of drug-likeness (QED) is 0.0124. The molecule has 1 aromatic heterocycles. The monoisotopic (exact) mass is 1100 g/mol. The zero-order valence-electron chi connectivity index (χ0n) is 40.1. The number of hydrogen-bond acceptors (Lipinski definition) is 2. The molecule has 0 bridgehead atoms. The zero-order valence-corrected chi connectivity index (χ0v) is 40.1. The highest BCUT2D eigenvalue weighted by molar-refractivity contribution is 7.20. The third-order valence-corrected chi connectivity index (χ3v) is 12.8. The Morgan fingerprint density at radius 1 is 0.342 bits per heavy atom. The molecule has 0 N–H and O–H groups in total. The molecule has 0 radical (unpaired) electrons. The highest BCUT2D eigenvalue weighted by atomic mass is 19.2. The number of allylic oxidation sites excluding steroid dienone is 2. The fourth-order valence-corrected chi connectivity index (χ4v) is 8.99. The van der Waals surface area contributed by atoms with Gasteiger partial charge in [0, 0.05) is 17.7 Å². The number of rotatable bonds is 23. The van der Waals surface area contributed by atoms with Crippen LogP contribution >= 0.6 is 0 Å². The van der Waals surface area contributed by atoms with Crippen molar-refractivity contribution in [2.45, 2.75) is 123 Å². The smallest absolute Gasteiger partial charge is 0.200 e. The van der Waals surface area contributed by atoms with E-state index in [1.807, 2.05) is 35.2 Å². The molecule has 0 atom stereocenters. The minimum absolute atomic E-state index is 0.289. The van der Waals surface area contributed by atoms with Gasteiger partial charge in [0.25, 0.3) is 0 Å². The Morgan fingerprint density at radius 2 is 0.566 bits per heavy atom. The van der Waals surface area contributed by atoms with Gasteiger partial charge in [0.05, 0.1) is 0 Å². The lowest BCUT2D eigenvalue weighted by atomic mass is 9.12. The molecular weight excluding hydrogens is 1060 g/mol. The van der Waals surface area contributed by atoms with Crippen LogP contribution < -0.4 is 26.4 Å². The minimum Gasteiger partial charge on any atom is -0.207 e. The number of pyridine rings is 1. The van der Waals surface area contributed by atoms with E-state index >= 15 is 35.1 Å². The maximum atomic E-state index is 15.4. The SMILES string of the molecule is CCCCCCCCCCCCCCCCCCC(C[n+]1ccccc1)=C(C#N)C#N.Fc1c(F)c(F)c([B-](c2c(F)c(F)c(F)c(F)c2F)(c2c(F)c(F)c(F)c(F)c2F)c2c(F)c(F)c(F)c(F)c2F)c(F)c1F. The van der Waals surface area contributed by atoms with Crippen molar-refractivity contribution in [3.05, 3.63) is 158 Å². The summed E-state index contributed by atoms with van der Waals surface area (Å²) in [4.78, 5) is 0. The molecule has 0 saturated heterocycles. The minimum atomic E-state index is -7.22. The fourth-order valence-electron chi connectivity index (χ4n) is 8.99. The van der Waals surface area contributed by atoms with E-state index in [4.69, 9.17) is 0 Å². The average Bonchev–Trinajstić information content (AvgIpc) is 3.41. The Morgan fingerprint density at radius 3 is 0.803 bits per heavy atom. The molecule has 24 heteroatoms. The third-order valence-electron chi connectivity index (χ3n) is 12.8. The molecule has 5 rings (SSSR count). The van der Waals surface area contributed by atoms with Gasteiger partial charge in [-0.15, -0.1) is 21.9 Å². The van der Waals surface area contributed by atoms with Crippen LogP contribution in [-0.2, 0) is 6.54 Å². The van der Waals surface area contributed by atoms with Gasteiger partial charge in [0.1, 0.15) is 70.4 Å². The van der Waals surface area contributed by atoms with Gasteiger partial charge in [-0.05, 0) is 12.8 Å². The second-order valence-corrected chi connectivity index (χ2v) is 17.6. The second kappa shape index (κ2) is 28.0. The van der Waals surface area contributed by atoms with Crippen LogP contribution in [0.2, 0.25) is 0 Å². The molecule has 3 nitrogen and oxygen atoms in total. The number of nitrogens with zero attached hydrogens (tertiary/aromatic N) is 3. The van der Waals surface area contributed by atoms with Crippen LogP contribution in [0.15, 0.2) is 41.7 Å². The highest BCUT2D eigenvalue weighted by Gasteiger charge is 2.52. The average molecular weight is 1100 g/mol. The summed E-state index contributed by atoms with van der Waals surface area (Å²) in [5.74, 6) is -71.4. The van der Waals surface area contributed by atoms with Gasteiger partial charge >= 0.3 is 0 Å². The lowest BCUT2D eigenvalue weighted by Crippen LogP contribution is -2.81. The van der Waals surface area contributed by atoms with Gasteiger partial charge in [-0.25, -0.2) is 92.4 Å². The summed E-state index contributed by atoms with van der Waals surface area (Å²) in [5.41, 5.74) is -13.1. The maximum Gasteiger partial charge on any atom is 0.200 e. The van der Waals surface area contributed by atoms with Crippen molar-refractivity contribution in [2.75, 3.05) is 0 Å². The molecule has 76 heavy (non-hydrogen) atoms. The molecule has 0 amide bonds. The molecule has 5 aromatic rings. The van der Waals surface area contributed by atoms with Gasteiger partial charge in [-0.3, -0.25) is 0 Å². The van der Waals surface area contributed by atoms with Crippen molar-refractivity contribution >= 4 is 28.0 Å². The van der Waals surface area contributed by atoms with Crippen molar-refractivity contribution in [1.82, 2.24) is 0 Å². The van der Waals surface area contributed by atoms with Crippen LogP contribution in [0.3, 0.4) is 0 Å². The fraction of sp³-hybridized carbons (Fsp3) is 0.365. The molecule has 0 aliphatic heterocycles. The molecule has 0 fully saturated rings. The van der Waals surface area contributed by atoms with Crippen LogP contribution in [0.25, 0.3) is 0 Å². The van der Waals surface area contributed by atoms with Gasteiger partial charge in [0.2, 0.25) is 0 Å². The number of aromatic nitrogens is 1. The first-order valence-corrected chi connectivity index (χ1v) is 23.7. The zero-order chi connectivity index (χ0) is 56.8. The second-order valence-electron chi connectivity index (χ2n) is 17.6. The van der Waals surface area contributed by atoms with Crippen molar-refractivity contribution in [3.63, 3.8) is 0 Å². The molecule has 0 aliphatic rings. The maximum absolute atomic E-state index is 15.4. The third kappa shape index (κ3) is 13.0. The number of halogens is 20. The summed E-state index contributed by atoms with van der Waals surface area (Å²) in [7, 11) is 0. The van der Waals surface area contributed by atoms with Crippen molar-refractivity contribution in [2.24, 2.45) is 0 Å². The Balaban J connectivity index is 0.000000353. The first-order valence-electron chi connectivity index (χ1n) is 23.7. The van der Waals surface area contributed by atoms with E-state index in [2.05, 4.69) is 19.1 Å². The van der Waals surface area contributed by atoms with Crippen LogP contribution in [0.1, 0.15) is 116 Å². The molecule has 0 aliphatic carbocycles. The predicted molar refractivity (Wildman–Crippen MR) is 238 cm³/mol. The van der Waals surface area contributed by atoms with Crippen LogP contribution in [0, 0.1) is 139 Å². The lowest BCUT2D eigenvalue weighted by Gasteiger charge is -2.44. The van der Waals surface area contributed by atoms with Gasteiger partial charge in [-0.1, -0.05) is 109 Å². The van der Waals surface area contributed by atoms with E-state index in [-0.39, 0.29) is 5.57 Å². The normalized spacial score (nSPS) is 11.4. The molecule has 410 valence electrons. The highest BCUT2D eigenvalue weighted by Crippen LogP contribution is 2.31. The van der Waals surface area contributed by atoms with E-state index in [1.54, 1.807) is 0 Å². The lowest BCUT2D eigenvalue weighted by molar-refractivity contribution is -0.689. The van der Waals surface area contributed by atoms with E-state index < -0.39 is 144 Å². The summed E-state index contributed by atoms with van der Waals surface area (Å²) in [6, 6.07) is 10.1. The summed E-state index contributed by atoms with van der Waals surface area (Å²) in [5, 5.41) is 18.5. The van der Waals surface area contributed by atoms with Gasteiger partial charge < -0.3 is 0 Å². The standard InChI is InChI=1S/C28H44N3.C24BF20/c1-2-3-4-5-6-7-8-9-10-11-12-13-14-15-16-18-21-27(28(24-29)25-30)26-31-22-19-17-20-23-31;26-5-1(6(27)14(35)21(42)13(5)34)25(2-7(28)15(36)22(43)16(37)8(2)29,3-9(30)17(38)23(44)18(39)10(3)31)4-11(32)19(40)24(45)20(41)12(4)33/h17,19-20,22-23H,2-16,18,21,26H2,1H3;/q+1;-1. The molecule has 0 spiro atoms. The Labute approximate surface area is 423 Å². The van der Waals surface area contributed by atoms with Crippen LogP contribution in [0.5, 0.6) is 0 Å². The summed E-state index contributed by atoms with van der Waals surface area (Å²) in [6.45, 7) is 2.91. The van der Waals surface area contributed by atoms with E-state index in [0.717, 1.165) is 18.4 Å². The molecule has 1 heterocycles. The van der Waals surface area contributed by atoms with Crippen LogP contribution in [0.4, 0.5) is 87.8 Å². The van der Waals surface area contributed by atoms with E-state index in [0.29, 0.717) is 6.54 Å². The topological polar surface area (TPSA) is 51.5 Å². The van der Waals surface area contributed by atoms with E-state index in [9.17, 15) is 63.2 Å². The molecule has 0 unspecified atom stereocenters. The summed E-state index contributed by atoms with van der Waals surface area (Å²) in [6.07, 6.45) is 19.3. The number of nitriles is 2. The summed E-state index contributed by atoms with van der Waals surface area (Å²) >= 11 is 0. The van der Waals surface area contributed by atoms with Crippen LogP contribution in [-0.4, -0.2) is 6.15 Å². The summed E-state index contributed by atoms with van der Waals surface area (Å²) < 4.78 is 296. The van der Waals surface area contributed by atoms with Gasteiger partial charge in [-0.2, -0.15) is 10.5 Å². The molecule has 0 saturated carbocycles. The Hall–Kier alpha value is -6.59. The van der Waals surface area contributed by atoms with Crippen molar-refractivity contribution in [1.29, 1.82) is 10.5 Å². The number of benzene rings is 4. The van der Waals surface area contributed by atoms with Gasteiger partial charge in [0.15, 0.2) is 88.7 Å². The largest absolute Gasteiger partial charge is 0.207 e. The first-order chi connectivity index (χ1) is 36.0. The predicted octanol–water partition coefficient (Wildman–Crippen LogP) is 13.8. The van der Waals surface area contributed by atoms with Crippen molar-refractivity contribution < 1.29 is 92.4 Å².